The molecule has 1 fully saturated rings. The summed E-state index contributed by atoms with van der Waals surface area (Å²) in [6.45, 7) is 5.61. The highest BCUT2D eigenvalue weighted by Crippen LogP contribution is 2.26. The van der Waals surface area contributed by atoms with Crippen LogP contribution in [0.2, 0.25) is 0 Å². The topological polar surface area (TPSA) is 190 Å². The van der Waals surface area contributed by atoms with Crippen LogP contribution in [-0.4, -0.2) is 87.6 Å². The highest BCUT2D eigenvalue weighted by molar-refractivity contribution is 5.95. The molecule has 0 spiro atoms. The largest absolute Gasteiger partial charge is 0.460 e. The number of Topliss-reactive ketones (excluding diaryl/α,β-unsaturated/α-hetero) is 1. The molecular formula is C38H43N5O9. The van der Waals surface area contributed by atoms with Crippen molar-refractivity contribution in [3.05, 3.63) is 90.3 Å². The molecule has 1 aromatic carbocycles. The van der Waals surface area contributed by atoms with Crippen LogP contribution >= 0.6 is 0 Å². The molecular weight excluding hydrogens is 670 g/mol. The number of ether oxygens (including phenoxy) is 2. The molecule has 4 heterocycles. The molecule has 2 bridgehead atoms. The fourth-order valence-corrected chi connectivity index (χ4v) is 6.15. The minimum absolute atomic E-state index is 0.0172. The number of nitrogens with zero attached hydrogens (tertiary/aromatic N) is 3. The lowest BCUT2D eigenvalue weighted by molar-refractivity contribution is -0.159. The number of carbonyl (C=O) groups excluding carboxylic acids is 5. The van der Waals surface area contributed by atoms with Crippen molar-refractivity contribution >= 4 is 46.3 Å². The van der Waals surface area contributed by atoms with Crippen molar-refractivity contribution in [2.45, 2.75) is 64.7 Å². The van der Waals surface area contributed by atoms with Crippen molar-refractivity contribution in [2.24, 2.45) is 11.8 Å². The molecule has 2 aromatic heterocycles. The molecule has 2 aliphatic heterocycles. The molecule has 3 N–H and O–H groups in total. The van der Waals surface area contributed by atoms with Crippen LogP contribution in [0.3, 0.4) is 0 Å². The third-order valence-electron chi connectivity index (χ3n) is 8.79. The lowest BCUT2D eigenvalue weighted by Gasteiger charge is -2.30. The van der Waals surface area contributed by atoms with E-state index >= 15 is 0 Å². The molecule has 274 valence electrons. The van der Waals surface area contributed by atoms with E-state index in [1.165, 1.54) is 17.1 Å². The van der Waals surface area contributed by atoms with E-state index in [1.54, 1.807) is 51.3 Å². The number of nitrogens with one attached hydrogen (secondary N) is 2. The highest BCUT2D eigenvalue weighted by Gasteiger charge is 2.39. The van der Waals surface area contributed by atoms with E-state index in [-0.39, 0.29) is 49.9 Å². The summed E-state index contributed by atoms with van der Waals surface area (Å²) >= 11 is 0. The van der Waals surface area contributed by atoms with Crippen LogP contribution in [-0.2, 0) is 30.3 Å². The fourth-order valence-electron chi connectivity index (χ4n) is 6.15. The average Bonchev–Trinajstić information content (AvgIpc) is 3.80. The molecule has 5 atom stereocenters. The first kappa shape index (κ1) is 37.6. The standard InChI is InChI=1S/C38H43N5O9/c1-23-8-6-14-39-33(46)13-12-24(2)35(25(3)21-51-38(49)42-32-17-26-9-4-5-10-27(26)20-40-32)52-37(48)31-11-7-15-43(31)36(47)30-22-50-34(41-30)19-29(45)18-28(44)16-23/h4-6,8-10,12-13,16-17,20,22,24-25,28,31,35,44H,7,11,14-15,18-19,21H2,1-3H3,(H,39,46)(H,40,42,49)/b8-6?,13-12+,23-16?. The van der Waals surface area contributed by atoms with Crippen molar-refractivity contribution in [1.82, 2.24) is 20.2 Å². The van der Waals surface area contributed by atoms with Crippen LogP contribution in [0.15, 0.2) is 83.2 Å². The maximum atomic E-state index is 13.7. The SMILES string of the molecule is CC1=CC(O)CC(=O)Cc2nc(co2)C(=O)N2CCCC2C(=O)OC(C(C)COC(=O)Nc2cc3ccccc3cn2)C(C)/C=C/C(=O)NCC=C1. The van der Waals surface area contributed by atoms with Gasteiger partial charge in [0.05, 0.1) is 19.1 Å². The molecule has 52 heavy (non-hydrogen) atoms. The molecule has 2 aliphatic rings. The van der Waals surface area contributed by atoms with Crippen molar-refractivity contribution in [1.29, 1.82) is 0 Å². The molecule has 3 aromatic rings. The van der Waals surface area contributed by atoms with Gasteiger partial charge < -0.3 is 29.2 Å². The number of carbonyl (C=O) groups is 5. The normalized spacial score (nSPS) is 23.6. The highest BCUT2D eigenvalue weighted by atomic mass is 16.6. The Labute approximate surface area is 301 Å². The molecule has 5 rings (SSSR count). The minimum atomic E-state index is -1.05. The Balaban J connectivity index is 1.32. The zero-order valence-corrected chi connectivity index (χ0v) is 29.3. The number of oxazole rings is 1. The van der Waals surface area contributed by atoms with Gasteiger partial charge in [-0.2, -0.15) is 0 Å². The third kappa shape index (κ3) is 10.2. The van der Waals surface area contributed by atoms with Crippen molar-refractivity contribution in [3.63, 3.8) is 0 Å². The van der Waals surface area contributed by atoms with Crippen LogP contribution < -0.4 is 10.6 Å². The Morgan fingerprint density at radius 2 is 1.96 bits per heavy atom. The van der Waals surface area contributed by atoms with E-state index in [2.05, 4.69) is 20.6 Å². The minimum Gasteiger partial charge on any atom is -0.460 e. The van der Waals surface area contributed by atoms with Crippen LogP contribution in [0.25, 0.3) is 10.8 Å². The number of pyridine rings is 1. The summed E-state index contributed by atoms with van der Waals surface area (Å²) < 4.78 is 17.0. The van der Waals surface area contributed by atoms with E-state index in [0.717, 1.165) is 17.0 Å². The summed E-state index contributed by atoms with van der Waals surface area (Å²) in [5, 5.41) is 17.6. The van der Waals surface area contributed by atoms with Gasteiger partial charge >= 0.3 is 12.1 Å². The van der Waals surface area contributed by atoms with Gasteiger partial charge in [-0.1, -0.05) is 68.0 Å². The first-order valence-corrected chi connectivity index (χ1v) is 17.2. The van der Waals surface area contributed by atoms with Gasteiger partial charge in [0.15, 0.2) is 5.69 Å². The molecule has 14 heteroatoms. The molecule has 0 radical (unpaired) electrons. The first-order valence-electron chi connectivity index (χ1n) is 17.2. The third-order valence-corrected chi connectivity index (χ3v) is 8.79. The van der Waals surface area contributed by atoms with Gasteiger partial charge in [0.1, 0.15) is 30.0 Å². The van der Waals surface area contributed by atoms with Crippen molar-refractivity contribution < 1.29 is 43.0 Å². The number of allylic oxidation sites excluding steroid dienone is 2. The summed E-state index contributed by atoms with van der Waals surface area (Å²) in [5.41, 5.74) is 0.624. The number of anilines is 1. The number of aromatic nitrogens is 2. The van der Waals surface area contributed by atoms with E-state index in [0.29, 0.717) is 24.2 Å². The Bertz CT molecular complexity index is 1880. The maximum absolute atomic E-state index is 13.7. The number of hydrogen-bond acceptors (Lipinski definition) is 11. The Kier molecular flexibility index (Phi) is 12.7. The number of cyclic esters (lactones) is 1. The fraction of sp³-hybridized carbons (Fsp3) is 0.395. The molecule has 14 nitrogen and oxygen atoms in total. The maximum Gasteiger partial charge on any atom is 0.412 e. The van der Waals surface area contributed by atoms with Gasteiger partial charge in [-0.3, -0.25) is 19.7 Å². The predicted molar refractivity (Wildman–Crippen MR) is 190 cm³/mol. The van der Waals surface area contributed by atoms with Crippen LogP contribution in [0.4, 0.5) is 10.6 Å². The van der Waals surface area contributed by atoms with Crippen molar-refractivity contribution in [2.75, 3.05) is 25.0 Å². The average molecular weight is 714 g/mol. The lowest BCUT2D eigenvalue weighted by atomic mass is 9.93. The van der Waals surface area contributed by atoms with Gasteiger partial charge in [-0.15, -0.1) is 0 Å². The smallest absolute Gasteiger partial charge is 0.412 e. The number of aliphatic hydroxyl groups is 1. The Morgan fingerprint density at radius 3 is 2.77 bits per heavy atom. The number of esters is 1. The second-order valence-corrected chi connectivity index (χ2v) is 13.1. The molecule has 1 saturated heterocycles. The monoisotopic (exact) mass is 713 g/mol. The summed E-state index contributed by atoms with van der Waals surface area (Å²) in [4.78, 5) is 75.0. The molecule has 0 saturated carbocycles. The second-order valence-electron chi connectivity index (χ2n) is 13.1. The predicted octanol–water partition coefficient (Wildman–Crippen LogP) is 4.31. The van der Waals surface area contributed by atoms with Crippen LogP contribution in [0.1, 0.15) is 56.4 Å². The van der Waals surface area contributed by atoms with E-state index in [1.807, 2.05) is 24.3 Å². The van der Waals surface area contributed by atoms with Crippen LogP contribution in [0, 0.1) is 11.8 Å². The Morgan fingerprint density at radius 1 is 1.17 bits per heavy atom. The number of benzene rings is 1. The summed E-state index contributed by atoms with van der Waals surface area (Å²) in [7, 11) is 0. The van der Waals surface area contributed by atoms with E-state index in [4.69, 9.17) is 13.9 Å². The zero-order valence-electron chi connectivity index (χ0n) is 29.3. The summed E-state index contributed by atoms with van der Waals surface area (Å²) in [6.07, 6.45) is 8.48. The van der Waals surface area contributed by atoms with E-state index in [9.17, 15) is 29.1 Å². The van der Waals surface area contributed by atoms with Crippen molar-refractivity contribution in [3.8, 4) is 0 Å². The number of aliphatic hydroxyl groups excluding tert-OH is 1. The van der Waals surface area contributed by atoms with Gasteiger partial charge in [0, 0.05) is 42.9 Å². The van der Waals surface area contributed by atoms with Gasteiger partial charge in [-0.05, 0) is 37.3 Å². The summed E-state index contributed by atoms with van der Waals surface area (Å²) in [5.74, 6) is -2.67. The Hall–Kier alpha value is -5.63. The second kappa shape index (κ2) is 17.5. The number of fused-ring (bicyclic) bond motifs is 4. The first-order chi connectivity index (χ1) is 25.0. The van der Waals surface area contributed by atoms with E-state index < -0.39 is 54.0 Å². The molecule has 5 unspecified atom stereocenters. The molecule has 3 amide bonds. The number of hydrogen-bond donors (Lipinski definition) is 3. The van der Waals surface area contributed by atoms with Gasteiger partial charge in [0.2, 0.25) is 11.8 Å². The van der Waals surface area contributed by atoms with Crippen LogP contribution in [0.5, 0.6) is 0 Å². The van der Waals surface area contributed by atoms with Gasteiger partial charge in [-0.25, -0.2) is 19.6 Å². The number of amides is 3. The summed E-state index contributed by atoms with van der Waals surface area (Å²) in [6, 6.07) is 8.38. The lowest BCUT2D eigenvalue weighted by Crippen LogP contribution is -2.44. The molecule has 0 aliphatic carbocycles. The number of rotatable bonds is 4. The number of ketones is 1. The quantitative estimate of drug-likeness (QED) is 0.327. The van der Waals surface area contributed by atoms with Gasteiger partial charge in [0.25, 0.3) is 5.91 Å². The zero-order chi connectivity index (χ0) is 37.2.